The van der Waals surface area contributed by atoms with Crippen molar-refractivity contribution in [1.29, 1.82) is 0 Å². The summed E-state index contributed by atoms with van der Waals surface area (Å²) < 4.78 is 11.5. The highest BCUT2D eigenvalue weighted by Crippen LogP contribution is 2.38. The van der Waals surface area contributed by atoms with Crippen LogP contribution >= 0.6 is 11.6 Å². The van der Waals surface area contributed by atoms with Crippen LogP contribution in [0, 0.1) is 0 Å². The lowest BCUT2D eigenvalue weighted by molar-refractivity contribution is -0.200. The molecule has 0 heterocycles. The summed E-state index contributed by atoms with van der Waals surface area (Å²) in [4.78, 5) is 0. The molecule has 0 aliphatic carbocycles. The molecule has 5 heteroatoms. The Bertz CT molecular complexity index is 681. The van der Waals surface area contributed by atoms with Crippen LogP contribution in [-0.2, 0) is 10.5 Å². The molecule has 1 atom stereocenters. The molecule has 2 N–H and O–H groups in total. The van der Waals surface area contributed by atoms with E-state index in [-0.39, 0.29) is 0 Å². The van der Waals surface area contributed by atoms with Crippen molar-refractivity contribution >= 4 is 11.6 Å². The Labute approximate surface area is 167 Å². The van der Waals surface area contributed by atoms with Crippen LogP contribution in [0.15, 0.2) is 48.5 Å². The summed E-state index contributed by atoms with van der Waals surface area (Å²) in [7, 11) is 3.49. The maximum absolute atomic E-state index is 11.1. The van der Waals surface area contributed by atoms with Crippen molar-refractivity contribution in [1.82, 2.24) is 5.32 Å². The fraction of sp³-hybridized carbons (Fsp3) is 0.455. The normalized spacial score (nSPS) is 13.3. The van der Waals surface area contributed by atoms with Crippen LogP contribution in [0.5, 0.6) is 11.5 Å². The molecule has 0 radical (unpaired) electrons. The van der Waals surface area contributed by atoms with Gasteiger partial charge in [-0.05, 0) is 56.8 Å². The average Bonchev–Trinajstić information content (AvgIpc) is 2.69. The summed E-state index contributed by atoms with van der Waals surface area (Å²) in [6.45, 7) is 1.05. The Morgan fingerprint density at radius 3 is 2.41 bits per heavy atom. The third-order valence-corrected chi connectivity index (χ3v) is 4.85. The number of ether oxygens (including phenoxy) is 2. The first-order valence-electron chi connectivity index (χ1n) is 9.54. The minimum Gasteiger partial charge on any atom is -0.457 e. The monoisotopic (exact) mass is 391 g/mol. The molecule has 0 bridgehead atoms. The van der Waals surface area contributed by atoms with Gasteiger partial charge >= 0.3 is 0 Å². The molecular weight excluding hydrogens is 362 g/mol. The van der Waals surface area contributed by atoms with E-state index >= 15 is 0 Å². The second-order valence-electron chi connectivity index (χ2n) is 6.67. The molecule has 4 nitrogen and oxygen atoms in total. The Kier molecular flexibility index (Phi) is 9.08. The quantitative estimate of drug-likeness (QED) is 0.371. The predicted molar refractivity (Wildman–Crippen MR) is 111 cm³/mol. The van der Waals surface area contributed by atoms with E-state index in [9.17, 15) is 5.11 Å². The first kappa shape index (κ1) is 21.7. The van der Waals surface area contributed by atoms with Gasteiger partial charge < -0.3 is 19.9 Å². The van der Waals surface area contributed by atoms with Crippen LogP contribution in [0.1, 0.15) is 44.1 Å². The maximum atomic E-state index is 11.1. The second-order valence-corrected chi connectivity index (χ2v) is 7.10. The minimum absolute atomic E-state index is 0.487. The van der Waals surface area contributed by atoms with Crippen molar-refractivity contribution in [2.45, 2.75) is 44.3 Å². The Balaban J connectivity index is 2.06. The lowest BCUT2D eigenvalue weighted by Crippen LogP contribution is -2.28. The van der Waals surface area contributed by atoms with Crippen molar-refractivity contribution in [2.75, 3.05) is 20.7 Å². The molecule has 0 amide bonds. The molecule has 0 fully saturated rings. The van der Waals surface area contributed by atoms with Gasteiger partial charge in [0.2, 0.25) is 0 Å². The third kappa shape index (κ3) is 6.82. The van der Waals surface area contributed by atoms with Crippen molar-refractivity contribution in [3.05, 3.63) is 59.1 Å². The zero-order valence-corrected chi connectivity index (χ0v) is 17.0. The van der Waals surface area contributed by atoms with Gasteiger partial charge in [-0.2, -0.15) is 0 Å². The van der Waals surface area contributed by atoms with Gasteiger partial charge in [0.05, 0.1) is 5.56 Å². The van der Waals surface area contributed by atoms with E-state index in [4.69, 9.17) is 21.1 Å². The van der Waals surface area contributed by atoms with Gasteiger partial charge in [-0.1, -0.05) is 49.1 Å². The highest BCUT2D eigenvalue weighted by molar-refractivity contribution is 6.30. The third-order valence-electron chi connectivity index (χ3n) is 4.61. The number of nitrogens with one attached hydrogen (secondary N) is 1. The number of benzene rings is 2. The summed E-state index contributed by atoms with van der Waals surface area (Å²) >= 11 is 6.19. The summed E-state index contributed by atoms with van der Waals surface area (Å²) in [6, 6.07) is 14.7. The molecule has 2 aromatic rings. The molecule has 1 unspecified atom stereocenters. The number of hydrogen-bond acceptors (Lipinski definition) is 4. The summed E-state index contributed by atoms with van der Waals surface area (Å²) in [5.74, 6) is -0.187. The smallest absolute Gasteiger partial charge is 0.195 e. The molecule has 0 spiro atoms. The predicted octanol–water partition coefficient (Wildman–Crippen LogP) is 5.48. The molecule has 0 aromatic heterocycles. The molecule has 27 heavy (non-hydrogen) atoms. The number of methoxy groups -OCH3 is 1. The summed E-state index contributed by atoms with van der Waals surface area (Å²) in [5.41, 5.74) is 0.552. The Morgan fingerprint density at radius 2 is 1.70 bits per heavy atom. The van der Waals surface area contributed by atoms with Gasteiger partial charge in [0.1, 0.15) is 11.5 Å². The van der Waals surface area contributed by atoms with Gasteiger partial charge in [0.25, 0.3) is 0 Å². The fourth-order valence-electron chi connectivity index (χ4n) is 3.06. The zero-order chi connectivity index (χ0) is 19.5. The number of rotatable bonds is 12. The lowest BCUT2D eigenvalue weighted by atomic mass is 9.97. The standard InChI is InChI=1S/C22H30ClNO3/c1-24-16-10-5-3-4-9-15-22(25,26-2)20-17-18(23)13-14-21(20)27-19-11-7-6-8-12-19/h6-8,11-14,17,24-25H,3-5,9-10,15-16H2,1-2H3. The topological polar surface area (TPSA) is 50.7 Å². The zero-order valence-electron chi connectivity index (χ0n) is 16.2. The van der Waals surface area contributed by atoms with Gasteiger partial charge in [-0.15, -0.1) is 0 Å². The van der Waals surface area contributed by atoms with E-state index in [1.807, 2.05) is 37.4 Å². The Morgan fingerprint density at radius 1 is 1.00 bits per heavy atom. The Hall–Kier alpha value is -1.59. The molecular formula is C22H30ClNO3. The van der Waals surface area contributed by atoms with Gasteiger partial charge in [-0.25, -0.2) is 0 Å². The number of aliphatic hydroxyl groups is 1. The van der Waals surface area contributed by atoms with E-state index in [1.54, 1.807) is 18.2 Å². The minimum atomic E-state index is -1.43. The van der Waals surface area contributed by atoms with Crippen LogP contribution in [-0.4, -0.2) is 25.8 Å². The maximum Gasteiger partial charge on any atom is 0.195 e. The highest BCUT2D eigenvalue weighted by Gasteiger charge is 2.32. The van der Waals surface area contributed by atoms with Crippen LogP contribution < -0.4 is 10.1 Å². The number of unbranched alkanes of at least 4 members (excludes halogenated alkanes) is 4. The van der Waals surface area contributed by atoms with Crippen molar-refractivity contribution < 1.29 is 14.6 Å². The summed E-state index contributed by atoms with van der Waals surface area (Å²) in [6.07, 6.45) is 5.90. The molecule has 0 aliphatic rings. The molecule has 0 saturated carbocycles. The van der Waals surface area contributed by atoms with E-state index in [2.05, 4.69) is 5.32 Å². The van der Waals surface area contributed by atoms with Crippen LogP contribution in [0.4, 0.5) is 0 Å². The molecule has 2 rings (SSSR count). The molecule has 0 saturated heterocycles. The fourth-order valence-corrected chi connectivity index (χ4v) is 3.23. The van der Waals surface area contributed by atoms with E-state index in [0.29, 0.717) is 28.5 Å². The number of halogens is 1. The van der Waals surface area contributed by atoms with E-state index < -0.39 is 5.79 Å². The van der Waals surface area contributed by atoms with Crippen LogP contribution in [0.2, 0.25) is 5.02 Å². The van der Waals surface area contributed by atoms with Gasteiger partial charge in [-0.3, -0.25) is 0 Å². The van der Waals surface area contributed by atoms with Crippen LogP contribution in [0.3, 0.4) is 0 Å². The SMILES string of the molecule is CNCCCCCCCC(O)(OC)c1cc(Cl)ccc1Oc1ccccc1. The molecule has 148 valence electrons. The first-order valence-corrected chi connectivity index (χ1v) is 9.92. The van der Waals surface area contributed by atoms with Crippen molar-refractivity contribution in [3.8, 4) is 11.5 Å². The molecule has 2 aromatic carbocycles. The van der Waals surface area contributed by atoms with Crippen molar-refractivity contribution in [3.63, 3.8) is 0 Å². The largest absolute Gasteiger partial charge is 0.457 e. The molecule has 0 aliphatic heterocycles. The first-order chi connectivity index (χ1) is 13.1. The van der Waals surface area contributed by atoms with Crippen molar-refractivity contribution in [2.24, 2.45) is 0 Å². The van der Waals surface area contributed by atoms with E-state index in [1.165, 1.54) is 20.0 Å². The lowest BCUT2D eigenvalue weighted by Gasteiger charge is -2.29. The number of hydrogen-bond donors (Lipinski definition) is 2. The van der Waals surface area contributed by atoms with Crippen LogP contribution in [0.25, 0.3) is 0 Å². The van der Waals surface area contributed by atoms with E-state index in [0.717, 1.165) is 25.8 Å². The van der Waals surface area contributed by atoms with Gasteiger partial charge in [0, 0.05) is 18.6 Å². The van der Waals surface area contributed by atoms with Gasteiger partial charge in [0.15, 0.2) is 5.79 Å². The summed E-state index contributed by atoms with van der Waals surface area (Å²) in [5, 5.41) is 14.8. The highest BCUT2D eigenvalue weighted by atomic mass is 35.5. The second kappa shape index (κ2) is 11.3. The number of para-hydroxylation sites is 1. The average molecular weight is 392 g/mol.